The van der Waals surface area contributed by atoms with Gasteiger partial charge in [0.2, 0.25) is 0 Å². The highest BCUT2D eigenvalue weighted by atomic mass is 79.9. The number of hydrogen-bond donors (Lipinski definition) is 1. The monoisotopic (exact) mass is 299 g/mol. The van der Waals surface area contributed by atoms with Crippen LogP contribution in [0.5, 0.6) is 5.75 Å². The lowest BCUT2D eigenvalue weighted by atomic mass is 10.1. The smallest absolute Gasteiger partial charge is 0.258 e. The minimum atomic E-state index is -0.714. The summed E-state index contributed by atoms with van der Waals surface area (Å²) in [5.74, 6) is -0.281. The maximum Gasteiger partial charge on any atom is 0.258 e. The van der Waals surface area contributed by atoms with Gasteiger partial charge in [0.05, 0.1) is 5.56 Å². The van der Waals surface area contributed by atoms with E-state index in [9.17, 15) is 9.59 Å². The second kappa shape index (κ2) is 5.82. The largest absolute Gasteiger partial charge is 0.480 e. The zero-order valence-electron chi connectivity index (χ0n) is 9.70. The Hall–Kier alpha value is -1.36. The number of hydrogen-bond acceptors (Lipinski definition) is 3. The summed E-state index contributed by atoms with van der Waals surface area (Å²) in [6.07, 6.45) is -0.253. The third-order valence-corrected chi connectivity index (χ3v) is 2.77. The first-order chi connectivity index (χ1) is 7.95. The molecule has 1 rings (SSSR count). The Morgan fingerprint density at radius 1 is 1.47 bits per heavy atom. The molecule has 0 saturated carbocycles. The van der Waals surface area contributed by atoms with Crippen molar-refractivity contribution in [3.8, 4) is 5.75 Å². The van der Waals surface area contributed by atoms with Crippen LogP contribution in [0.1, 0.15) is 30.6 Å². The van der Waals surface area contributed by atoms with E-state index in [0.717, 1.165) is 4.47 Å². The molecule has 92 valence electrons. The van der Waals surface area contributed by atoms with Crippen molar-refractivity contribution >= 4 is 27.6 Å². The van der Waals surface area contributed by atoms with Crippen molar-refractivity contribution in [2.24, 2.45) is 5.73 Å². The lowest BCUT2D eigenvalue weighted by Gasteiger charge is -2.16. The Balaban J connectivity index is 3.05. The van der Waals surface area contributed by atoms with Crippen molar-refractivity contribution < 1.29 is 14.3 Å². The molecule has 1 atom stereocenters. The molecule has 0 spiro atoms. The summed E-state index contributed by atoms with van der Waals surface area (Å²) in [6, 6.07) is 5.05. The van der Waals surface area contributed by atoms with Crippen LogP contribution in [-0.4, -0.2) is 17.8 Å². The maximum absolute atomic E-state index is 11.4. The zero-order chi connectivity index (χ0) is 13.0. The fraction of sp³-hybridized carbons (Fsp3) is 0.333. The van der Waals surface area contributed by atoms with E-state index in [2.05, 4.69) is 15.9 Å². The van der Waals surface area contributed by atoms with Gasteiger partial charge in [-0.05, 0) is 31.5 Å². The molecule has 0 fully saturated rings. The van der Waals surface area contributed by atoms with Crippen LogP contribution >= 0.6 is 15.9 Å². The van der Waals surface area contributed by atoms with Crippen molar-refractivity contribution in [3.63, 3.8) is 0 Å². The van der Waals surface area contributed by atoms with E-state index in [4.69, 9.17) is 10.5 Å². The molecule has 0 bridgehead atoms. The quantitative estimate of drug-likeness (QED) is 0.848. The normalized spacial score (nSPS) is 11.9. The Morgan fingerprint density at radius 2 is 2.12 bits per heavy atom. The number of ether oxygens (including phenoxy) is 1. The molecule has 0 radical (unpaired) electrons. The Morgan fingerprint density at radius 3 is 2.59 bits per heavy atom. The Labute approximate surface area is 108 Å². The van der Waals surface area contributed by atoms with Crippen molar-refractivity contribution in [1.29, 1.82) is 0 Å². The standard InChI is InChI=1S/C12H14BrNO3/c1-3-10(12(14)16)17-11-5-4-8(13)6-9(11)7(2)15/h4-6,10H,3H2,1-2H3,(H2,14,16). The van der Waals surface area contributed by atoms with E-state index in [0.29, 0.717) is 17.7 Å². The van der Waals surface area contributed by atoms with Gasteiger partial charge in [-0.1, -0.05) is 22.9 Å². The first-order valence-electron chi connectivity index (χ1n) is 5.22. The third-order valence-electron chi connectivity index (χ3n) is 2.28. The second-order valence-electron chi connectivity index (χ2n) is 3.61. The van der Waals surface area contributed by atoms with Gasteiger partial charge in [0.15, 0.2) is 11.9 Å². The van der Waals surface area contributed by atoms with Crippen molar-refractivity contribution in [2.45, 2.75) is 26.4 Å². The van der Waals surface area contributed by atoms with Gasteiger partial charge in [0.25, 0.3) is 5.91 Å². The van der Waals surface area contributed by atoms with E-state index >= 15 is 0 Å². The first-order valence-corrected chi connectivity index (χ1v) is 6.01. The predicted octanol–water partition coefficient (Wildman–Crippen LogP) is 2.29. The summed E-state index contributed by atoms with van der Waals surface area (Å²) in [6.45, 7) is 3.24. The van der Waals surface area contributed by atoms with Gasteiger partial charge in [-0.25, -0.2) is 0 Å². The Kier molecular flexibility index (Phi) is 4.69. The highest BCUT2D eigenvalue weighted by molar-refractivity contribution is 9.10. The molecule has 1 unspecified atom stereocenters. The summed E-state index contributed by atoms with van der Waals surface area (Å²) in [5, 5.41) is 0. The summed E-state index contributed by atoms with van der Waals surface area (Å²) in [7, 11) is 0. The van der Waals surface area contributed by atoms with Crippen LogP contribution in [0.2, 0.25) is 0 Å². The number of amides is 1. The summed E-state index contributed by atoms with van der Waals surface area (Å²) in [5.41, 5.74) is 5.62. The molecule has 0 aliphatic rings. The summed E-state index contributed by atoms with van der Waals surface area (Å²) < 4.78 is 6.24. The van der Waals surface area contributed by atoms with Gasteiger partial charge in [0, 0.05) is 4.47 Å². The molecular formula is C12H14BrNO3. The van der Waals surface area contributed by atoms with Crippen molar-refractivity contribution in [3.05, 3.63) is 28.2 Å². The lowest BCUT2D eigenvalue weighted by Crippen LogP contribution is -2.33. The predicted molar refractivity (Wildman–Crippen MR) is 68.0 cm³/mol. The van der Waals surface area contributed by atoms with E-state index in [1.54, 1.807) is 25.1 Å². The van der Waals surface area contributed by atoms with Crippen LogP contribution < -0.4 is 10.5 Å². The molecule has 0 heterocycles. The second-order valence-corrected chi connectivity index (χ2v) is 4.53. The number of Topliss-reactive ketones (excluding diaryl/α,β-unsaturated/α-hetero) is 1. The fourth-order valence-corrected chi connectivity index (χ4v) is 1.74. The zero-order valence-corrected chi connectivity index (χ0v) is 11.3. The maximum atomic E-state index is 11.4. The summed E-state index contributed by atoms with van der Waals surface area (Å²) in [4.78, 5) is 22.5. The highest BCUT2D eigenvalue weighted by Gasteiger charge is 2.18. The van der Waals surface area contributed by atoms with E-state index in [1.165, 1.54) is 6.92 Å². The molecule has 4 nitrogen and oxygen atoms in total. The number of carbonyl (C=O) groups excluding carboxylic acids is 2. The number of benzene rings is 1. The molecule has 0 saturated heterocycles. The van der Waals surface area contributed by atoms with Crippen LogP contribution in [0.15, 0.2) is 22.7 Å². The van der Waals surface area contributed by atoms with Gasteiger partial charge < -0.3 is 10.5 Å². The van der Waals surface area contributed by atoms with E-state index in [-0.39, 0.29) is 5.78 Å². The van der Waals surface area contributed by atoms with Crippen LogP contribution in [0, 0.1) is 0 Å². The number of halogens is 1. The molecule has 1 amide bonds. The molecule has 0 aromatic heterocycles. The minimum absolute atomic E-state index is 0.124. The fourth-order valence-electron chi connectivity index (χ4n) is 1.38. The molecule has 1 aromatic rings. The van der Waals surface area contributed by atoms with Crippen molar-refractivity contribution in [2.75, 3.05) is 0 Å². The van der Waals surface area contributed by atoms with Gasteiger partial charge in [-0.3, -0.25) is 9.59 Å². The van der Waals surface area contributed by atoms with E-state index in [1.807, 2.05) is 0 Å². The molecule has 17 heavy (non-hydrogen) atoms. The number of carbonyl (C=O) groups is 2. The van der Waals surface area contributed by atoms with Crippen LogP contribution in [0.4, 0.5) is 0 Å². The molecule has 1 aromatic carbocycles. The number of nitrogens with two attached hydrogens (primary N) is 1. The first kappa shape index (κ1) is 13.7. The number of ketones is 1. The van der Waals surface area contributed by atoms with Gasteiger partial charge in [0.1, 0.15) is 5.75 Å². The lowest BCUT2D eigenvalue weighted by molar-refractivity contribution is -0.124. The number of primary amides is 1. The molecular weight excluding hydrogens is 286 g/mol. The van der Waals surface area contributed by atoms with Crippen molar-refractivity contribution in [1.82, 2.24) is 0 Å². The number of rotatable bonds is 5. The molecule has 5 heteroatoms. The van der Waals surface area contributed by atoms with Gasteiger partial charge in [-0.15, -0.1) is 0 Å². The van der Waals surface area contributed by atoms with E-state index < -0.39 is 12.0 Å². The average Bonchev–Trinajstić information content (AvgIpc) is 2.26. The minimum Gasteiger partial charge on any atom is -0.480 e. The highest BCUT2D eigenvalue weighted by Crippen LogP contribution is 2.25. The van der Waals surface area contributed by atoms with Gasteiger partial charge in [-0.2, -0.15) is 0 Å². The third kappa shape index (κ3) is 3.56. The van der Waals surface area contributed by atoms with Crippen LogP contribution in [0.25, 0.3) is 0 Å². The molecule has 0 aliphatic heterocycles. The van der Waals surface area contributed by atoms with Gasteiger partial charge >= 0.3 is 0 Å². The SMILES string of the molecule is CCC(Oc1ccc(Br)cc1C(C)=O)C(N)=O. The van der Waals surface area contributed by atoms with Crippen LogP contribution in [-0.2, 0) is 4.79 Å². The molecule has 0 aliphatic carbocycles. The Bertz CT molecular complexity index is 445. The summed E-state index contributed by atoms with van der Waals surface area (Å²) >= 11 is 3.28. The average molecular weight is 300 g/mol. The molecule has 2 N–H and O–H groups in total. The topological polar surface area (TPSA) is 69.4 Å². The van der Waals surface area contributed by atoms with Crippen LogP contribution in [0.3, 0.4) is 0 Å².